The van der Waals surface area contributed by atoms with Crippen molar-refractivity contribution < 1.29 is 9.53 Å². The van der Waals surface area contributed by atoms with Crippen LogP contribution in [0, 0.1) is 5.92 Å². The second-order valence-electron chi connectivity index (χ2n) is 8.60. The Morgan fingerprint density at radius 2 is 2.00 bits per heavy atom. The Balaban J connectivity index is 1.38. The van der Waals surface area contributed by atoms with Gasteiger partial charge in [-0.2, -0.15) is 5.10 Å². The molecule has 1 aliphatic heterocycles. The van der Waals surface area contributed by atoms with E-state index in [-0.39, 0.29) is 23.4 Å². The van der Waals surface area contributed by atoms with Crippen LogP contribution in [0.1, 0.15) is 34.8 Å². The largest absolute Gasteiger partial charge is 0.497 e. The molecule has 2 atom stereocenters. The smallest absolute Gasteiger partial charge is 0.259 e. The summed E-state index contributed by atoms with van der Waals surface area (Å²) < 4.78 is 6.91. The maximum absolute atomic E-state index is 13.1. The third-order valence-electron chi connectivity index (χ3n) is 6.61. The first-order valence-corrected chi connectivity index (χ1v) is 11.2. The van der Waals surface area contributed by atoms with Gasteiger partial charge in [-0.1, -0.05) is 24.3 Å². The average Bonchev–Trinajstić information content (AvgIpc) is 3.27. The molecule has 8 nitrogen and oxygen atoms in total. The number of fused-ring (bicyclic) bond motifs is 3. The Morgan fingerprint density at radius 3 is 2.79 bits per heavy atom. The summed E-state index contributed by atoms with van der Waals surface area (Å²) in [6.07, 6.45) is 3.62. The monoisotopic (exact) mass is 445 g/mol. The fourth-order valence-electron chi connectivity index (χ4n) is 4.96. The van der Waals surface area contributed by atoms with E-state index in [1.54, 1.807) is 23.8 Å². The highest BCUT2D eigenvalue weighted by Crippen LogP contribution is 2.35. The standard InChI is InChI=1S/C25H27N5O3/c1-29-13-5-6-17(22(29)16-9-11-18(33-2)12-10-16)14-26-24(31)20-15-27-30-21-8-4-3-7-19(21)25(32)28-23(20)30/h3-4,7-12,15,17,22H,5-6,13-14H2,1-2H3,(H,26,31)(H,28,32). The highest BCUT2D eigenvalue weighted by molar-refractivity contribution is 6.00. The number of carbonyl (C=O) groups excluding carboxylic acids is 1. The maximum atomic E-state index is 13.1. The highest BCUT2D eigenvalue weighted by atomic mass is 16.5. The van der Waals surface area contributed by atoms with Crippen molar-refractivity contribution in [3.05, 3.63) is 76.2 Å². The molecule has 4 aromatic rings. The van der Waals surface area contributed by atoms with E-state index in [0.29, 0.717) is 28.7 Å². The summed E-state index contributed by atoms with van der Waals surface area (Å²) in [6.45, 7) is 1.55. The minimum atomic E-state index is -0.238. The van der Waals surface area contributed by atoms with Crippen molar-refractivity contribution >= 4 is 22.5 Å². The van der Waals surface area contributed by atoms with Crippen LogP contribution in [0.2, 0.25) is 0 Å². The minimum Gasteiger partial charge on any atom is -0.497 e. The van der Waals surface area contributed by atoms with E-state index in [2.05, 4.69) is 39.5 Å². The first-order chi connectivity index (χ1) is 16.1. The number of aromatic nitrogens is 3. The Hall–Kier alpha value is -3.65. The summed E-state index contributed by atoms with van der Waals surface area (Å²) in [7, 11) is 3.79. The number of methoxy groups -OCH3 is 1. The highest BCUT2D eigenvalue weighted by Gasteiger charge is 2.31. The number of nitrogens with zero attached hydrogens (tertiary/aromatic N) is 3. The van der Waals surface area contributed by atoms with Crippen LogP contribution in [-0.2, 0) is 0 Å². The quantitative estimate of drug-likeness (QED) is 0.493. The summed E-state index contributed by atoms with van der Waals surface area (Å²) in [5, 5.41) is 7.99. The zero-order valence-electron chi connectivity index (χ0n) is 18.7. The molecule has 1 saturated heterocycles. The molecule has 5 rings (SSSR count). The number of hydrogen-bond donors (Lipinski definition) is 2. The van der Waals surface area contributed by atoms with E-state index in [4.69, 9.17) is 4.74 Å². The van der Waals surface area contributed by atoms with Crippen LogP contribution in [0.3, 0.4) is 0 Å². The number of carbonyl (C=O) groups is 1. The number of nitrogens with one attached hydrogen (secondary N) is 2. The molecule has 0 radical (unpaired) electrons. The summed E-state index contributed by atoms with van der Waals surface area (Å²) in [5.74, 6) is 0.858. The maximum Gasteiger partial charge on any atom is 0.259 e. The van der Waals surface area contributed by atoms with Crippen LogP contribution in [0.25, 0.3) is 16.6 Å². The third-order valence-corrected chi connectivity index (χ3v) is 6.61. The fourth-order valence-corrected chi connectivity index (χ4v) is 4.96. The number of aromatic amines is 1. The van der Waals surface area contributed by atoms with Gasteiger partial charge in [-0.15, -0.1) is 0 Å². The van der Waals surface area contributed by atoms with E-state index >= 15 is 0 Å². The van der Waals surface area contributed by atoms with Gasteiger partial charge in [-0.05, 0) is 62.2 Å². The van der Waals surface area contributed by atoms with Crippen LogP contribution in [0.4, 0.5) is 0 Å². The molecule has 170 valence electrons. The van der Waals surface area contributed by atoms with Crippen molar-refractivity contribution in [1.29, 1.82) is 0 Å². The molecule has 2 aromatic heterocycles. The van der Waals surface area contributed by atoms with Gasteiger partial charge in [-0.3, -0.25) is 14.5 Å². The summed E-state index contributed by atoms with van der Waals surface area (Å²) in [4.78, 5) is 30.8. The Kier molecular flexibility index (Phi) is 5.60. The van der Waals surface area contributed by atoms with Crippen molar-refractivity contribution in [2.24, 2.45) is 5.92 Å². The lowest BCUT2D eigenvalue weighted by molar-refractivity contribution is 0.0892. The normalized spacial score (nSPS) is 19.1. The van der Waals surface area contributed by atoms with Gasteiger partial charge < -0.3 is 15.0 Å². The molecule has 1 amide bonds. The molecule has 3 heterocycles. The molecule has 8 heteroatoms. The first kappa shape index (κ1) is 21.2. The lowest BCUT2D eigenvalue weighted by Crippen LogP contribution is -2.41. The topological polar surface area (TPSA) is 91.7 Å². The zero-order chi connectivity index (χ0) is 22.9. The van der Waals surface area contributed by atoms with Gasteiger partial charge >= 0.3 is 0 Å². The van der Waals surface area contributed by atoms with Gasteiger partial charge in [0.05, 0.1) is 24.2 Å². The molecule has 1 aliphatic rings. The van der Waals surface area contributed by atoms with Crippen LogP contribution in [0.5, 0.6) is 5.75 Å². The van der Waals surface area contributed by atoms with E-state index in [1.807, 2.05) is 24.3 Å². The van der Waals surface area contributed by atoms with Gasteiger partial charge in [-0.25, -0.2) is 4.52 Å². The van der Waals surface area contributed by atoms with Crippen molar-refractivity contribution in [3.63, 3.8) is 0 Å². The Labute approximate surface area is 191 Å². The van der Waals surface area contributed by atoms with Crippen molar-refractivity contribution in [2.75, 3.05) is 27.2 Å². The van der Waals surface area contributed by atoms with Gasteiger partial charge in [0, 0.05) is 12.6 Å². The van der Waals surface area contributed by atoms with E-state index < -0.39 is 0 Å². The molecule has 0 saturated carbocycles. The van der Waals surface area contributed by atoms with E-state index in [1.165, 1.54) is 11.8 Å². The fraction of sp³-hybridized carbons (Fsp3) is 0.320. The van der Waals surface area contributed by atoms with Crippen molar-refractivity contribution in [2.45, 2.75) is 18.9 Å². The van der Waals surface area contributed by atoms with E-state index in [9.17, 15) is 9.59 Å². The predicted molar refractivity (Wildman–Crippen MR) is 127 cm³/mol. The second-order valence-corrected chi connectivity index (χ2v) is 8.60. The number of piperidine rings is 1. The minimum absolute atomic E-state index is 0.206. The van der Waals surface area contributed by atoms with Crippen molar-refractivity contribution in [1.82, 2.24) is 24.8 Å². The van der Waals surface area contributed by atoms with Crippen LogP contribution in [-0.4, -0.2) is 52.7 Å². The number of likely N-dealkylation sites (tertiary alicyclic amines) is 1. The molecule has 1 fully saturated rings. The summed E-state index contributed by atoms with van der Waals surface area (Å²) in [5.41, 5.74) is 2.42. The average molecular weight is 446 g/mol. The number of rotatable bonds is 5. The molecule has 2 unspecified atom stereocenters. The zero-order valence-corrected chi connectivity index (χ0v) is 18.7. The van der Waals surface area contributed by atoms with Gasteiger partial charge in [0.15, 0.2) is 0 Å². The van der Waals surface area contributed by atoms with Crippen LogP contribution >= 0.6 is 0 Å². The van der Waals surface area contributed by atoms with Gasteiger partial charge in [0.25, 0.3) is 11.5 Å². The number of para-hydroxylation sites is 1. The number of hydrogen-bond acceptors (Lipinski definition) is 5. The lowest BCUT2D eigenvalue weighted by Gasteiger charge is -2.39. The number of amides is 1. The van der Waals surface area contributed by atoms with Crippen LogP contribution < -0.4 is 15.6 Å². The third kappa shape index (κ3) is 3.87. The molecule has 0 aliphatic carbocycles. The second kappa shape index (κ2) is 8.71. The first-order valence-electron chi connectivity index (χ1n) is 11.2. The SMILES string of the molecule is COc1ccc(C2C(CNC(=O)c3cnn4c3[nH]c(=O)c3ccccc34)CCCN2C)cc1. The number of benzene rings is 2. The summed E-state index contributed by atoms with van der Waals surface area (Å²) in [6, 6.07) is 15.6. The summed E-state index contributed by atoms with van der Waals surface area (Å²) >= 11 is 0. The lowest BCUT2D eigenvalue weighted by atomic mass is 9.85. The predicted octanol–water partition coefficient (Wildman–Crippen LogP) is 3.00. The van der Waals surface area contributed by atoms with Gasteiger partial charge in [0.1, 0.15) is 17.0 Å². The Bertz CT molecular complexity index is 1360. The van der Waals surface area contributed by atoms with Crippen LogP contribution in [0.15, 0.2) is 59.5 Å². The molecule has 0 bridgehead atoms. The molecule has 2 aromatic carbocycles. The van der Waals surface area contributed by atoms with Crippen molar-refractivity contribution in [3.8, 4) is 5.75 Å². The Morgan fingerprint density at radius 1 is 1.21 bits per heavy atom. The molecule has 2 N–H and O–H groups in total. The van der Waals surface area contributed by atoms with Gasteiger partial charge in [0.2, 0.25) is 0 Å². The molecule has 33 heavy (non-hydrogen) atoms. The molecular weight excluding hydrogens is 418 g/mol. The molecule has 0 spiro atoms. The number of H-pyrrole nitrogens is 1. The van der Waals surface area contributed by atoms with E-state index in [0.717, 1.165) is 25.1 Å². The number of ether oxygens (including phenoxy) is 1. The molecular formula is C25H27N5O3.